The molecule has 2 aromatic rings. The molecule has 1 aromatic heterocycles. The van der Waals surface area contributed by atoms with Crippen molar-refractivity contribution < 1.29 is 17.7 Å². The third-order valence-corrected chi connectivity index (χ3v) is 3.80. The fraction of sp³-hybridized carbons (Fsp3) is 0.333. The van der Waals surface area contributed by atoms with Crippen molar-refractivity contribution in [2.45, 2.75) is 24.9 Å². The highest BCUT2D eigenvalue weighted by molar-refractivity contribution is 9.10. The summed E-state index contributed by atoms with van der Waals surface area (Å²) in [5, 5.41) is 3.24. The Balaban J connectivity index is 2.44. The highest BCUT2D eigenvalue weighted by Crippen LogP contribution is 2.36. The van der Waals surface area contributed by atoms with Gasteiger partial charge in [-0.1, -0.05) is 12.1 Å². The SMILES string of the molecule is CCC(Cl)c1noc(-c2cc(C(F)(F)F)ccc2Br)n1. The Morgan fingerprint density at radius 1 is 1.40 bits per heavy atom. The molecule has 1 aromatic carbocycles. The van der Waals surface area contributed by atoms with Gasteiger partial charge in [0.1, 0.15) is 0 Å². The lowest BCUT2D eigenvalue weighted by molar-refractivity contribution is -0.137. The van der Waals surface area contributed by atoms with Gasteiger partial charge in [0.2, 0.25) is 0 Å². The minimum Gasteiger partial charge on any atom is -0.334 e. The van der Waals surface area contributed by atoms with Crippen LogP contribution in [0, 0.1) is 0 Å². The molecule has 20 heavy (non-hydrogen) atoms. The van der Waals surface area contributed by atoms with Crippen LogP contribution in [-0.4, -0.2) is 10.1 Å². The number of hydrogen-bond acceptors (Lipinski definition) is 3. The average molecular weight is 370 g/mol. The van der Waals surface area contributed by atoms with Gasteiger partial charge in [-0.3, -0.25) is 0 Å². The molecular weight excluding hydrogens is 360 g/mol. The summed E-state index contributed by atoms with van der Waals surface area (Å²) in [6.07, 6.45) is -3.85. The van der Waals surface area contributed by atoms with E-state index in [1.807, 2.05) is 6.92 Å². The van der Waals surface area contributed by atoms with Gasteiger partial charge in [-0.2, -0.15) is 18.2 Å². The van der Waals surface area contributed by atoms with Crippen molar-refractivity contribution in [2.75, 3.05) is 0 Å². The fourth-order valence-corrected chi connectivity index (χ4v) is 2.02. The zero-order valence-corrected chi connectivity index (χ0v) is 12.6. The lowest BCUT2D eigenvalue weighted by Crippen LogP contribution is -2.04. The van der Waals surface area contributed by atoms with Crippen molar-refractivity contribution in [2.24, 2.45) is 0 Å². The van der Waals surface area contributed by atoms with Crippen molar-refractivity contribution in [1.82, 2.24) is 10.1 Å². The molecule has 1 unspecified atom stereocenters. The van der Waals surface area contributed by atoms with E-state index in [4.69, 9.17) is 16.1 Å². The Morgan fingerprint density at radius 2 is 2.10 bits per heavy atom. The molecule has 1 atom stereocenters. The first-order chi connectivity index (χ1) is 9.32. The van der Waals surface area contributed by atoms with Gasteiger partial charge in [-0.25, -0.2) is 0 Å². The topological polar surface area (TPSA) is 38.9 Å². The van der Waals surface area contributed by atoms with Gasteiger partial charge >= 0.3 is 6.18 Å². The van der Waals surface area contributed by atoms with Crippen LogP contribution in [0.5, 0.6) is 0 Å². The molecule has 3 nitrogen and oxygen atoms in total. The van der Waals surface area contributed by atoms with E-state index in [0.717, 1.165) is 12.1 Å². The zero-order valence-electron chi connectivity index (χ0n) is 10.2. The van der Waals surface area contributed by atoms with Crippen molar-refractivity contribution in [3.63, 3.8) is 0 Å². The quantitative estimate of drug-likeness (QED) is 0.697. The Morgan fingerprint density at radius 3 is 2.70 bits per heavy atom. The number of aromatic nitrogens is 2. The van der Waals surface area contributed by atoms with Crippen molar-refractivity contribution >= 4 is 27.5 Å². The van der Waals surface area contributed by atoms with Crippen LogP contribution < -0.4 is 0 Å². The number of hydrogen-bond donors (Lipinski definition) is 0. The minimum absolute atomic E-state index is 0.00271. The molecule has 1 heterocycles. The van der Waals surface area contributed by atoms with E-state index in [2.05, 4.69) is 26.1 Å². The number of rotatable bonds is 3. The van der Waals surface area contributed by atoms with Crippen LogP contribution >= 0.6 is 27.5 Å². The number of halogens is 5. The van der Waals surface area contributed by atoms with E-state index in [0.29, 0.717) is 10.9 Å². The second kappa shape index (κ2) is 5.73. The van der Waals surface area contributed by atoms with Gasteiger partial charge < -0.3 is 4.52 Å². The highest BCUT2D eigenvalue weighted by atomic mass is 79.9. The van der Waals surface area contributed by atoms with E-state index in [9.17, 15) is 13.2 Å². The van der Waals surface area contributed by atoms with E-state index in [-0.39, 0.29) is 17.3 Å². The number of nitrogens with zero attached hydrogens (tertiary/aromatic N) is 2. The summed E-state index contributed by atoms with van der Waals surface area (Å²) in [7, 11) is 0. The summed E-state index contributed by atoms with van der Waals surface area (Å²) in [6.45, 7) is 1.84. The van der Waals surface area contributed by atoms with Gasteiger partial charge in [0.05, 0.1) is 16.5 Å². The molecule has 0 saturated heterocycles. The number of benzene rings is 1. The maximum Gasteiger partial charge on any atom is 0.416 e. The van der Waals surface area contributed by atoms with Crippen molar-refractivity contribution in [1.29, 1.82) is 0 Å². The molecule has 0 spiro atoms. The maximum atomic E-state index is 12.7. The predicted molar refractivity (Wildman–Crippen MR) is 71.3 cm³/mol. The first-order valence-corrected chi connectivity index (χ1v) is 6.90. The minimum atomic E-state index is -4.43. The third-order valence-electron chi connectivity index (χ3n) is 2.60. The second-order valence-electron chi connectivity index (χ2n) is 4.03. The fourth-order valence-electron chi connectivity index (χ4n) is 1.52. The summed E-state index contributed by atoms with van der Waals surface area (Å²) in [5.41, 5.74) is -0.605. The average Bonchev–Trinajstić information content (AvgIpc) is 2.86. The Kier molecular flexibility index (Phi) is 4.39. The van der Waals surface area contributed by atoms with Crippen molar-refractivity contribution in [3.05, 3.63) is 34.1 Å². The molecule has 8 heteroatoms. The normalized spacial score (nSPS) is 13.5. The van der Waals surface area contributed by atoms with E-state index in [1.165, 1.54) is 6.07 Å². The lowest BCUT2D eigenvalue weighted by atomic mass is 10.1. The van der Waals surface area contributed by atoms with Gasteiger partial charge in [0.25, 0.3) is 5.89 Å². The van der Waals surface area contributed by atoms with Crippen LogP contribution in [0.1, 0.15) is 30.1 Å². The standard InChI is InChI=1S/C12H9BrClF3N2O/c1-2-9(14)10-18-11(20-19-10)7-5-6(12(15,16)17)3-4-8(7)13/h3-5,9H,2H2,1H3. The molecule has 0 saturated carbocycles. The Bertz CT molecular complexity index is 615. The molecule has 0 fully saturated rings. The molecule has 2 rings (SSSR count). The summed E-state index contributed by atoms with van der Waals surface area (Å²) < 4.78 is 43.5. The monoisotopic (exact) mass is 368 g/mol. The van der Waals surface area contributed by atoms with Crippen LogP contribution in [0.25, 0.3) is 11.5 Å². The molecule has 0 bridgehead atoms. The highest BCUT2D eigenvalue weighted by Gasteiger charge is 2.31. The van der Waals surface area contributed by atoms with Gasteiger partial charge in [-0.15, -0.1) is 11.6 Å². The van der Waals surface area contributed by atoms with E-state index < -0.39 is 17.1 Å². The first-order valence-electron chi connectivity index (χ1n) is 5.67. The smallest absolute Gasteiger partial charge is 0.334 e. The Hall–Kier alpha value is -1.08. The van der Waals surface area contributed by atoms with Crippen molar-refractivity contribution in [3.8, 4) is 11.5 Å². The molecule has 0 aliphatic carbocycles. The lowest BCUT2D eigenvalue weighted by Gasteiger charge is -2.08. The number of alkyl halides is 4. The van der Waals surface area contributed by atoms with Gasteiger partial charge in [0.15, 0.2) is 5.82 Å². The molecule has 0 aliphatic heterocycles. The summed E-state index contributed by atoms with van der Waals surface area (Å²) in [6, 6.07) is 3.22. The molecule has 0 N–H and O–H groups in total. The first kappa shape index (κ1) is 15.3. The van der Waals surface area contributed by atoms with Crippen LogP contribution in [0.3, 0.4) is 0 Å². The molecule has 108 valence electrons. The van der Waals surface area contributed by atoms with E-state index in [1.54, 1.807) is 0 Å². The molecule has 0 radical (unpaired) electrons. The molecule has 0 amide bonds. The Labute approximate surface area is 126 Å². The zero-order chi connectivity index (χ0) is 14.9. The van der Waals surface area contributed by atoms with Crippen LogP contribution in [0.4, 0.5) is 13.2 Å². The van der Waals surface area contributed by atoms with Crippen LogP contribution in [0.2, 0.25) is 0 Å². The largest absolute Gasteiger partial charge is 0.416 e. The van der Waals surface area contributed by atoms with E-state index >= 15 is 0 Å². The maximum absolute atomic E-state index is 12.7. The van der Waals surface area contributed by atoms with Gasteiger partial charge in [-0.05, 0) is 40.5 Å². The summed E-state index contributed by atoms with van der Waals surface area (Å²) >= 11 is 9.13. The second-order valence-corrected chi connectivity index (χ2v) is 5.41. The van der Waals surface area contributed by atoms with Crippen LogP contribution in [-0.2, 0) is 6.18 Å². The predicted octanol–water partition coefficient (Wildman–Crippen LogP) is 5.21. The summed E-state index contributed by atoms with van der Waals surface area (Å²) in [4.78, 5) is 4.03. The van der Waals surface area contributed by atoms with Crippen LogP contribution in [0.15, 0.2) is 27.2 Å². The van der Waals surface area contributed by atoms with Gasteiger partial charge in [0, 0.05) is 4.47 Å². The molecular formula is C12H9BrClF3N2O. The third kappa shape index (κ3) is 3.15. The molecule has 0 aliphatic rings. The summed E-state index contributed by atoms with van der Waals surface area (Å²) in [5.74, 6) is 0.255.